The van der Waals surface area contributed by atoms with Crippen LogP contribution in [0.5, 0.6) is 0 Å². The van der Waals surface area contributed by atoms with Crippen LogP contribution in [0.1, 0.15) is 0 Å². The first-order valence-electron chi connectivity index (χ1n) is 6.20. The number of aromatic nitrogens is 1. The monoisotopic (exact) mass is 270 g/mol. The first-order valence-corrected chi connectivity index (χ1v) is 6.20. The molecule has 3 aromatic rings. The third kappa shape index (κ3) is 2.20. The standard InChI is InChI=1S/C16H12F2N2/c1-20(12-7-8-13(17)14(18)10-12)16-9-6-11-4-2-3-5-15(11)19-16/h2-10H,1H3. The molecule has 100 valence electrons. The number of para-hydroxylation sites is 1. The van der Waals surface area contributed by atoms with Crippen LogP contribution < -0.4 is 4.90 Å². The van der Waals surface area contributed by atoms with Crippen LogP contribution in [0.4, 0.5) is 20.3 Å². The maximum absolute atomic E-state index is 13.3. The second-order valence-electron chi connectivity index (χ2n) is 4.52. The third-order valence-corrected chi connectivity index (χ3v) is 3.22. The quantitative estimate of drug-likeness (QED) is 0.691. The molecule has 0 unspecified atom stereocenters. The molecule has 2 nitrogen and oxygen atoms in total. The minimum atomic E-state index is -0.866. The molecule has 0 aliphatic rings. The number of hydrogen-bond donors (Lipinski definition) is 0. The second kappa shape index (κ2) is 4.89. The summed E-state index contributed by atoms with van der Waals surface area (Å²) in [6.07, 6.45) is 0. The van der Waals surface area contributed by atoms with Crippen LogP contribution in [-0.4, -0.2) is 12.0 Å². The number of benzene rings is 2. The van der Waals surface area contributed by atoms with Gasteiger partial charge >= 0.3 is 0 Å². The van der Waals surface area contributed by atoms with Gasteiger partial charge in [-0.1, -0.05) is 18.2 Å². The van der Waals surface area contributed by atoms with Gasteiger partial charge < -0.3 is 4.90 Å². The van der Waals surface area contributed by atoms with Gasteiger partial charge in [-0.25, -0.2) is 13.8 Å². The Morgan fingerprint density at radius 3 is 2.50 bits per heavy atom. The average molecular weight is 270 g/mol. The van der Waals surface area contributed by atoms with Crippen molar-refractivity contribution in [2.75, 3.05) is 11.9 Å². The molecule has 0 radical (unpaired) electrons. The summed E-state index contributed by atoms with van der Waals surface area (Å²) < 4.78 is 26.2. The van der Waals surface area contributed by atoms with E-state index in [9.17, 15) is 8.78 Å². The van der Waals surface area contributed by atoms with Gasteiger partial charge in [0.1, 0.15) is 5.82 Å². The molecule has 0 saturated carbocycles. The molecule has 0 aliphatic heterocycles. The Morgan fingerprint density at radius 2 is 1.70 bits per heavy atom. The fourth-order valence-electron chi connectivity index (χ4n) is 2.07. The fraction of sp³-hybridized carbons (Fsp3) is 0.0625. The van der Waals surface area contributed by atoms with E-state index >= 15 is 0 Å². The molecule has 1 heterocycles. The maximum atomic E-state index is 13.3. The summed E-state index contributed by atoms with van der Waals surface area (Å²) in [4.78, 5) is 6.23. The van der Waals surface area contributed by atoms with Gasteiger partial charge in [0, 0.05) is 24.2 Å². The summed E-state index contributed by atoms with van der Waals surface area (Å²) in [5.74, 6) is -1.04. The fourth-order valence-corrected chi connectivity index (χ4v) is 2.07. The highest BCUT2D eigenvalue weighted by Crippen LogP contribution is 2.25. The number of hydrogen-bond acceptors (Lipinski definition) is 2. The minimum Gasteiger partial charge on any atom is -0.329 e. The Hall–Kier alpha value is -2.49. The largest absolute Gasteiger partial charge is 0.329 e. The van der Waals surface area contributed by atoms with E-state index in [0.29, 0.717) is 11.5 Å². The topological polar surface area (TPSA) is 16.1 Å². The predicted octanol–water partition coefficient (Wildman–Crippen LogP) is 4.28. The molecule has 0 bridgehead atoms. The van der Waals surface area contributed by atoms with E-state index in [0.717, 1.165) is 23.0 Å². The first-order chi connectivity index (χ1) is 9.65. The Morgan fingerprint density at radius 1 is 0.900 bits per heavy atom. The summed E-state index contributed by atoms with van der Waals surface area (Å²) in [6, 6.07) is 15.3. The van der Waals surface area contributed by atoms with Gasteiger partial charge in [0.15, 0.2) is 11.6 Å². The zero-order valence-corrected chi connectivity index (χ0v) is 10.8. The van der Waals surface area contributed by atoms with Crippen LogP contribution in [0.2, 0.25) is 0 Å². The summed E-state index contributed by atoms with van der Waals surface area (Å²) >= 11 is 0. The lowest BCUT2D eigenvalue weighted by atomic mass is 10.2. The molecule has 0 spiro atoms. The first kappa shape index (κ1) is 12.5. The van der Waals surface area contributed by atoms with Crippen molar-refractivity contribution in [3.05, 3.63) is 66.2 Å². The molecule has 0 atom stereocenters. The van der Waals surface area contributed by atoms with E-state index in [1.807, 2.05) is 36.4 Å². The maximum Gasteiger partial charge on any atom is 0.160 e. The molecule has 0 amide bonds. The van der Waals surface area contributed by atoms with Crippen molar-refractivity contribution in [2.45, 2.75) is 0 Å². The van der Waals surface area contributed by atoms with Crippen LogP contribution in [0.15, 0.2) is 54.6 Å². The highest BCUT2D eigenvalue weighted by Gasteiger charge is 2.09. The number of fused-ring (bicyclic) bond motifs is 1. The molecular formula is C16H12F2N2. The summed E-state index contributed by atoms with van der Waals surface area (Å²) in [5, 5.41) is 1.04. The normalized spacial score (nSPS) is 10.8. The van der Waals surface area contributed by atoms with Gasteiger partial charge in [0.2, 0.25) is 0 Å². The molecule has 0 fully saturated rings. The van der Waals surface area contributed by atoms with Crippen molar-refractivity contribution in [3.63, 3.8) is 0 Å². The van der Waals surface area contributed by atoms with Crippen LogP contribution in [0, 0.1) is 11.6 Å². The van der Waals surface area contributed by atoms with Crippen molar-refractivity contribution >= 4 is 22.4 Å². The van der Waals surface area contributed by atoms with E-state index in [-0.39, 0.29) is 0 Å². The average Bonchev–Trinajstić information content (AvgIpc) is 2.49. The van der Waals surface area contributed by atoms with Crippen molar-refractivity contribution in [1.82, 2.24) is 4.98 Å². The summed E-state index contributed by atoms with van der Waals surface area (Å²) in [7, 11) is 1.77. The van der Waals surface area contributed by atoms with Crippen LogP contribution in [0.25, 0.3) is 10.9 Å². The lowest BCUT2D eigenvalue weighted by Crippen LogP contribution is -2.11. The van der Waals surface area contributed by atoms with E-state index in [2.05, 4.69) is 4.98 Å². The van der Waals surface area contributed by atoms with Crippen molar-refractivity contribution in [1.29, 1.82) is 0 Å². The lowest BCUT2D eigenvalue weighted by Gasteiger charge is -2.18. The minimum absolute atomic E-state index is 0.548. The van der Waals surface area contributed by atoms with Crippen molar-refractivity contribution < 1.29 is 8.78 Å². The number of rotatable bonds is 2. The van der Waals surface area contributed by atoms with Gasteiger partial charge in [0.25, 0.3) is 0 Å². The molecule has 2 aromatic carbocycles. The molecule has 0 N–H and O–H groups in total. The van der Waals surface area contributed by atoms with Gasteiger partial charge in [-0.05, 0) is 30.3 Å². The van der Waals surface area contributed by atoms with E-state index in [4.69, 9.17) is 0 Å². The van der Waals surface area contributed by atoms with E-state index in [1.165, 1.54) is 6.07 Å². The van der Waals surface area contributed by atoms with Crippen molar-refractivity contribution in [2.24, 2.45) is 0 Å². The lowest BCUT2D eigenvalue weighted by molar-refractivity contribution is 0.509. The molecule has 1 aromatic heterocycles. The van der Waals surface area contributed by atoms with Gasteiger partial charge in [0.05, 0.1) is 5.52 Å². The highest BCUT2D eigenvalue weighted by atomic mass is 19.2. The number of pyridine rings is 1. The van der Waals surface area contributed by atoms with E-state index < -0.39 is 11.6 Å². The Labute approximate surface area is 115 Å². The number of halogens is 2. The molecule has 4 heteroatoms. The molecule has 0 aliphatic carbocycles. The van der Waals surface area contributed by atoms with Crippen LogP contribution in [0.3, 0.4) is 0 Å². The van der Waals surface area contributed by atoms with Gasteiger partial charge in [-0.3, -0.25) is 0 Å². The Kier molecular flexibility index (Phi) is 3.06. The molecular weight excluding hydrogens is 258 g/mol. The van der Waals surface area contributed by atoms with Gasteiger partial charge in [-0.15, -0.1) is 0 Å². The second-order valence-corrected chi connectivity index (χ2v) is 4.52. The molecule has 20 heavy (non-hydrogen) atoms. The SMILES string of the molecule is CN(c1ccc(F)c(F)c1)c1ccc2ccccc2n1. The molecule has 0 saturated heterocycles. The third-order valence-electron chi connectivity index (χ3n) is 3.22. The van der Waals surface area contributed by atoms with Crippen molar-refractivity contribution in [3.8, 4) is 0 Å². The summed E-state index contributed by atoms with van der Waals surface area (Å²) in [6.45, 7) is 0. The zero-order chi connectivity index (χ0) is 14.1. The van der Waals surface area contributed by atoms with Gasteiger partial charge in [-0.2, -0.15) is 0 Å². The van der Waals surface area contributed by atoms with Crippen LogP contribution >= 0.6 is 0 Å². The number of anilines is 2. The Balaban J connectivity index is 2.02. The Bertz CT molecular complexity index is 771. The molecule has 3 rings (SSSR count). The number of nitrogens with zero attached hydrogens (tertiary/aromatic N) is 2. The van der Waals surface area contributed by atoms with Crippen LogP contribution in [-0.2, 0) is 0 Å². The zero-order valence-electron chi connectivity index (χ0n) is 10.8. The smallest absolute Gasteiger partial charge is 0.160 e. The van der Waals surface area contributed by atoms with E-state index in [1.54, 1.807) is 11.9 Å². The summed E-state index contributed by atoms with van der Waals surface area (Å²) in [5.41, 5.74) is 1.41. The highest BCUT2D eigenvalue weighted by molar-refractivity contribution is 5.81. The predicted molar refractivity (Wildman–Crippen MR) is 76.2 cm³/mol.